The predicted octanol–water partition coefficient (Wildman–Crippen LogP) is 36.2. The number of thiophene rings is 3. The molecule has 12 aromatic rings. The summed E-state index contributed by atoms with van der Waals surface area (Å²) in [7, 11) is 0. The molecule has 0 bridgehead atoms. The summed E-state index contributed by atoms with van der Waals surface area (Å²) in [6.45, 7) is 76.9. The second-order valence-electron chi connectivity index (χ2n) is 40.8. The van der Waals surface area contributed by atoms with Crippen LogP contribution in [0.4, 0.5) is 5.69 Å². The molecule has 640 valence electrons. The highest BCUT2D eigenvalue weighted by Gasteiger charge is 2.21. The molecule has 8 heteroatoms. The van der Waals surface area contributed by atoms with E-state index in [-0.39, 0.29) is 55.9 Å². The second-order valence-corrected chi connectivity index (χ2v) is 45.1. The van der Waals surface area contributed by atoms with Gasteiger partial charge in [0.1, 0.15) is 0 Å². The van der Waals surface area contributed by atoms with Crippen LogP contribution >= 0.6 is 57.2 Å². The van der Waals surface area contributed by atoms with Crippen molar-refractivity contribution in [3.8, 4) is 11.1 Å². The van der Waals surface area contributed by atoms with Crippen molar-refractivity contribution in [2.45, 2.75) is 304 Å². The van der Waals surface area contributed by atoms with Gasteiger partial charge in [0.25, 0.3) is 5.69 Å². The number of hydrogen-bond acceptors (Lipinski definition) is 5. The number of non-ortho nitro benzene ring substituents is 1. The van der Waals surface area contributed by atoms with E-state index in [0.717, 1.165) is 20.5 Å². The molecule has 0 atom stereocenters. The highest BCUT2D eigenvalue weighted by Crippen LogP contribution is 2.36. The Morgan fingerprint density at radius 2 is 0.619 bits per heavy atom. The Kier molecular flexibility index (Phi) is 41.8. The fourth-order valence-electron chi connectivity index (χ4n) is 11.0. The Labute approximate surface area is 742 Å². The lowest BCUT2D eigenvalue weighted by atomic mass is 9.86. The number of nitro groups is 1. The van der Waals surface area contributed by atoms with Crippen LogP contribution < -0.4 is 0 Å². The van der Waals surface area contributed by atoms with Gasteiger partial charge in [0, 0.05) is 36.7 Å². The molecule has 0 amide bonds. The summed E-state index contributed by atoms with van der Waals surface area (Å²) in [5.74, 6) is 0. The average Bonchev–Trinajstić information content (AvgIpc) is 1.31. The summed E-state index contributed by atoms with van der Waals surface area (Å²) in [4.78, 5) is 15.7. The lowest BCUT2D eigenvalue weighted by Gasteiger charge is -2.19. The number of hydrogen-bond donors (Lipinski definition) is 0. The number of fused-ring (bicyclic) bond motifs is 1. The van der Waals surface area contributed by atoms with Crippen molar-refractivity contribution in [2.75, 3.05) is 0 Å². The molecule has 3 heterocycles. The largest absolute Gasteiger partial charge is 0.269 e. The van der Waals surface area contributed by atoms with Gasteiger partial charge in [-0.05, 0) is 196 Å². The fourth-order valence-corrected chi connectivity index (χ4v) is 14.2. The highest BCUT2D eigenvalue weighted by atomic mass is 35.5. The first kappa shape index (κ1) is 106. The summed E-state index contributed by atoms with van der Waals surface area (Å²) < 4.78 is 0.926. The molecule has 9 aromatic carbocycles. The van der Waals surface area contributed by atoms with Crippen molar-refractivity contribution in [2.24, 2.45) is 0 Å². The molecule has 0 saturated heterocycles. The third kappa shape index (κ3) is 39.7. The Bertz CT molecular complexity index is 4740. The number of nitro benzene ring substituents is 1. The molecular weight excluding hydrogens is 1530 g/mol. The molecular formula is C110H151Cl2NO2S3. The third-order valence-corrected chi connectivity index (χ3v) is 24.4. The van der Waals surface area contributed by atoms with E-state index in [9.17, 15) is 10.1 Å². The van der Waals surface area contributed by atoms with Crippen LogP contribution in [0.5, 0.6) is 0 Å². The van der Waals surface area contributed by atoms with E-state index in [1.54, 1.807) is 35.6 Å². The minimum atomic E-state index is -0.383. The Morgan fingerprint density at radius 1 is 0.280 bits per heavy atom. The molecule has 0 aliphatic rings. The molecule has 3 aromatic heterocycles. The molecule has 0 spiro atoms. The SMILES string of the molecule is C.CC(C)(C)c1ccc(-c2ccccc2)cc1.CC(C)(C)c1ccc([N+](=O)[O-])cc1.CC(C)(C)c1ccc2ccccc2c1.CC(C)(C)c1ccccc1.CC(C)(C)c1cccs1.Cc1cc(C(C)(C)C)sc1Cl.Cc1ccc(C(C)(C)C)cc1.Cc1ccc(C(C)(C)C)cc1.Cc1ccc(C(C)(C)C)cc1Cl.Cc1ccc(C(C)(C)C)s1. The molecule has 118 heavy (non-hydrogen) atoms. The topological polar surface area (TPSA) is 43.1 Å². The third-order valence-electron chi connectivity index (χ3n) is 19.3. The molecule has 3 nitrogen and oxygen atoms in total. The normalized spacial score (nSPS) is 11.6. The van der Waals surface area contributed by atoms with Gasteiger partial charge in [-0.1, -0.05) is 456 Å². The fraction of sp³-hybridized carbons (Fsp3) is 0.418. The van der Waals surface area contributed by atoms with Crippen molar-refractivity contribution in [3.05, 3.63) is 354 Å². The van der Waals surface area contributed by atoms with Crippen LogP contribution in [0.1, 0.15) is 296 Å². The van der Waals surface area contributed by atoms with Crippen LogP contribution in [-0.2, 0) is 54.1 Å². The van der Waals surface area contributed by atoms with Gasteiger partial charge in [-0.3, -0.25) is 10.1 Å². The first-order valence-corrected chi connectivity index (χ1v) is 44.6. The summed E-state index contributed by atoms with van der Waals surface area (Å²) in [6, 6.07) is 86.4. The van der Waals surface area contributed by atoms with Gasteiger partial charge in [0.2, 0.25) is 0 Å². The zero-order chi connectivity index (χ0) is 89.1. The van der Waals surface area contributed by atoms with Crippen molar-refractivity contribution in [1.29, 1.82) is 0 Å². The Hall–Kier alpha value is -7.68. The van der Waals surface area contributed by atoms with Crippen LogP contribution in [0.15, 0.2) is 254 Å². The van der Waals surface area contributed by atoms with Gasteiger partial charge < -0.3 is 0 Å². The first-order valence-electron chi connectivity index (χ1n) is 41.3. The molecule has 0 unspecified atom stereocenters. The first-order chi connectivity index (χ1) is 53.6. The smallest absolute Gasteiger partial charge is 0.258 e. The van der Waals surface area contributed by atoms with Crippen molar-refractivity contribution in [3.63, 3.8) is 0 Å². The highest BCUT2D eigenvalue weighted by molar-refractivity contribution is 7.16. The maximum atomic E-state index is 10.4. The van der Waals surface area contributed by atoms with Crippen molar-refractivity contribution >= 4 is 73.7 Å². The maximum Gasteiger partial charge on any atom is 0.269 e. The van der Waals surface area contributed by atoms with E-state index in [1.165, 1.54) is 91.5 Å². The minimum Gasteiger partial charge on any atom is -0.258 e. The zero-order valence-corrected chi connectivity index (χ0v) is 82.5. The monoisotopic (exact) mass is 1680 g/mol. The van der Waals surface area contributed by atoms with Gasteiger partial charge in [-0.2, -0.15) is 0 Å². The number of halogens is 2. The molecule has 12 rings (SSSR count). The van der Waals surface area contributed by atoms with E-state index in [2.05, 4.69) is 452 Å². The lowest BCUT2D eigenvalue weighted by Crippen LogP contribution is -2.10. The van der Waals surface area contributed by atoms with Crippen LogP contribution in [-0.4, -0.2) is 4.92 Å². The van der Waals surface area contributed by atoms with E-state index in [1.807, 2.05) is 42.6 Å². The van der Waals surface area contributed by atoms with Gasteiger partial charge in [0.15, 0.2) is 0 Å². The molecule has 0 aliphatic carbocycles. The number of aryl methyl sites for hydroxylation is 5. The van der Waals surface area contributed by atoms with E-state index in [4.69, 9.17) is 23.2 Å². The van der Waals surface area contributed by atoms with E-state index < -0.39 is 0 Å². The average molecular weight is 1690 g/mol. The minimum absolute atomic E-state index is 0. The van der Waals surface area contributed by atoms with Gasteiger partial charge in [-0.15, -0.1) is 34.0 Å². The second kappa shape index (κ2) is 46.4. The molecule has 0 aliphatic heterocycles. The van der Waals surface area contributed by atoms with Crippen LogP contribution in [0.25, 0.3) is 21.9 Å². The van der Waals surface area contributed by atoms with Gasteiger partial charge in [0.05, 0.1) is 9.26 Å². The van der Waals surface area contributed by atoms with E-state index >= 15 is 0 Å². The molecule has 0 fully saturated rings. The summed E-state index contributed by atoms with van der Waals surface area (Å²) >= 11 is 17.4. The number of nitrogens with zero attached hydrogens (tertiary/aromatic N) is 1. The number of benzene rings is 9. The summed E-state index contributed by atoms with van der Waals surface area (Å²) in [5, 5.41) is 16.0. The molecule has 0 N–H and O–H groups in total. The quantitative estimate of drug-likeness (QED) is 0.128. The van der Waals surface area contributed by atoms with Gasteiger partial charge in [-0.25, -0.2) is 0 Å². The maximum absolute atomic E-state index is 10.4. The summed E-state index contributed by atoms with van der Waals surface area (Å²) in [6.07, 6.45) is 0. The number of rotatable bonds is 2. The zero-order valence-electron chi connectivity index (χ0n) is 78.5. The summed E-state index contributed by atoms with van der Waals surface area (Å²) in [5.41, 5.74) is 19.6. The van der Waals surface area contributed by atoms with E-state index in [0.29, 0.717) is 16.2 Å². The predicted molar refractivity (Wildman–Crippen MR) is 535 cm³/mol. The van der Waals surface area contributed by atoms with Gasteiger partial charge >= 0.3 is 0 Å². The van der Waals surface area contributed by atoms with Crippen LogP contribution in [0.3, 0.4) is 0 Å². The van der Waals surface area contributed by atoms with Crippen LogP contribution in [0.2, 0.25) is 9.36 Å². The van der Waals surface area contributed by atoms with Crippen LogP contribution in [0, 0.1) is 44.7 Å². The van der Waals surface area contributed by atoms with Crippen molar-refractivity contribution in [1.82, 2.24) is 0 Å². The van der Waals surface area contributed by atoms with Crippen molar-refractivity contribution < 1.29 is 4.92 Å². The molecule has 0 radical (unpaired) electrons. The lowest BCUT2D eigenvalue weighted by molar-refractivity contribution is -0.384. The Balaban J connectivity index is 0.000000446. The molecule has 0 saturated carbocycles. The Morgan fingerprint density at radius 3 is 0.924 bits per heavy atom. The standard InChI is InChI=1S/C16H18.C14H16.C11H15Cl.2C11H16.C10H13NO2.C10H14.C9H13ClS.C9H14S.C8H12S.CH4/c1-16(2,3)15-11-9-14(10-12-15)13-7-5-4-6-8-13;1-14(2,3)13-9-8-11-6-4-5-7-12(11)10-13;1-8-5-6-9(7-10(8)12)11(2,3)4;2*1-9-5-7-10(8-6-9)11(2,3)4;1-10(2,3)8-4-6-9(7-5-8)11(12)13;1-10(2,3)9-7-5-4-6-8-9;1-6-5-7(9(2,3)4)11-8(6)10;1-7-5-6-8(10-7)9(2,3)4;1-8(2,3)7-5-4-6-9-7;/h4-12H,1-3H3;4-10H,1-3H3;5-7H,1-4H3;2*5-8H,1-4H3;4-7H,1-3H3;4-8H,1-3H3;5H,1-4H3;5-6H,1-4H3;4-6H,1-3H3;1H4.